The van der Waals surface area contributed by atoms with E-state index in [-0.39, 0.29) is 16.6 Å². The highest BCUT2D eigenvalue weighted by atomic mass is 32.1. The summed E-state index contributed by atoms with van der Waals surface area (Å²) in [4.78, 5) is 24.8. The molecule has 0 radical (unpaired) electrons. The molecule has 0 fully saturated rings. The van der Waals surface area contributed by atoms with Crippen molar-refractivity contribution in [1.82, 2.24) is 0 Å². The number of Topliss-reactive ketones (excluding diaryl/α,β-unsaturated/α-hetero) is 1. The summed E-state index contributed by atoms with van der Waals surface area (Å²) in [5.41, 5.74) is 0. The predicted molar refractivity (Wildman–Crippen MR) is 134 cm³/mol. The zero-order valence-electron chi connectivity index (χ0n) is 20.1. The van der Waals surface area contributed by atoms with E-state index in [9.17, 15) is 9.59 Å². The van der Waals surface area contributed by atoms with Crippen molar-refractivity contribution < 1.29 is 14.7 Å². The molecule has 31 heavy (non-hydrogen) atoms. The molecular weight excluding hydrogens is 404 g/mol. The molecule has 4 heteroatoms. The summed E-state index contributed by atoms with van der Waals surface area (Å²) in [6, 6.07) is 3.25. The molecule has 178 valence electrons. The second-order valence-corrected chi connectivity index (χ2v) is 10.1. The molecule has 1 atom stereocenters. The molecule has 1 rings (SSSR count). The van der Waals surface area contributed by atoms with Gasteiger partial charge in [0.2, 0.25) is 0 Å². The highest BCUT2D eigenvalue weighted by Crippen LogP contribution is 2.26. The van der Waals surface area contributed by atoms with Gasteiger partial charge >= 0.3 is 5.97 Å². The average molecular weight is 451 g/mol. The Kier molecular flexibility index (Phi) is 16.6. The molecule has 1 aromatic rings. The first-order valence-corrected chi connectivity index (χ1v) is 13.8. The zero-order chi connectivity index (χ0) is 22.7. The van der Waals surface area contributed by atoms with Gasteiger partial charge < -0.3 is 5.11 Å². The standard InChI is InChI=1S/C27H46O3S/c1-3-5-7-8-9-10-11-12-13-14-15-16-17-18-20-23(19-6-4-2)26(28)24-21-22-25(31-24)27(29)30/h21-23H,3-20H2,1-2H3,(H,29,30). The lowest BCUT2D eigenvalue weighted by Crippen LogP contribution is -2.14. The Morgan fingerprint density at radius 2 is 1.10 bits per heavy atom. The number of thiophene rings is 1. The van der Waals surface area contributed by atoms with Crippen LogP contribution in [0.15, 0.2) is 12.1 Å². The average Bonchev–Trinajstić information content (AvgIpc) is 3.26. The second-order valence-electron chi connectivity index (χ2n) is 9.06. The Labute approximate surface area is 195 Å². The van der Waals surface area contributed by atoms with E-state index < -0.39 is 5.97 Å². The molecular formula is C27H46O3S. The normalized spacial score (nSPS) is 12.2. The number of carboxylic acid groups (broad SMARTS) is 1. The maximum absolute atomic E-state index is 12.9. The van der Waals surface area contributed by atoms with Crippen LogP contribution >= 0.6 is 11.3 Å². The van der Waals surface area contributed by atoms with Crippen LogP contribution in [0.1, 0.15) is 149 Å². The van der Waals surface area contributed by atoms with Crippen LogP contribution in [0.3, 0.4) is 0 Å². The molecule has 1 unspecified atom stereocenters. The van der Waals surface area contributed by atoms with Gasteiger partial charge in [0, 0.05) is 5.92 Å². The number of carboxylic acids is 1. The van der Waals surface area contributed by atoms with Gasteiger partial charge in [-0.25, -0.2) is 4.79 Å². The predicted octanol–water partition coefficient (Wildman–Crippen LogP) is 9.31. The molecule has 0 amide bonds. The van der Waals surface area contributed by atoms with Gasteiger partial charge in [0.1, 0.15) is 4.88 Å². The van der Waals surface area contributed by atoms with E-state index in [1.807, 2.05) is 0 Å². The molecule has 1 heterocycles. The van der Waals surface area contributed by atoms with Crippen LogP contribution in [0.4, 0.5) is 0 Å². The van der Waals surface area contributed by atoms with Crippen LogP contribution in [0.5, 0.6) is 0 Å². The number of aromatic carboxylic acids is 1. The number of hydrogen-bond donors (Lipinski definition) is 1. The van der Waals surface area contributed by atoms with Crippen LogP contribution in [0.25, 0.3) is 0 Å². The number of hydrogen-bond acceptors (Lipinski definition) is 3. The Hall–Kier alpha value is -1.16. The summed E-state index contributed by atoms with van der Waals surface area (Å²) in [6.45, 7) is 4.43. The quantitative estimate of drug-likeness (QED) is 0.150. The van der Waals surface area contributed by atoms with E-state index in [0.29, 0.717) is 4.88 Å². The van der Waals surface area contributed by atoms with Crippen LogP contribution < -0.4 is 0 Å². The molecule has 0 saturated heterocycles. The lowest BCUT2D eigenvalue weighted by atomic mass is 9.90. The Balaban J connectivity index is 2.13. The van der Waals surface area contributed by atoms with Crippen LogP contribution in [-0.4, -0.2) is 16.9 Å². The van der Waals surface area contributed by atoms with Gasteiger partial charge in [-0.05, 0) is 25.0 Å². The number of carbonyl (C=O) groups is 2. The Bertz CT molecular complexity index is 593. The number of carbonyl (C=O) groups excluding carboxylic acids is 1. The van der Waals surface area contributed by atoms with E-state index >= 15 is 0 Å². The Morgan fingerprint density at radius 1 is 0.677 bits per heavy atom. The van der Waals surface area contributed by atoms with Crippen molar-refractivity contribution in [3.63, 3.8) is 0 Å². The van der Waals surface area contributed by atoms with Crippen molar-refractivity contribution in [1.29, 1.82) is 0 Å². The molecule has 0 saturated carbocycles. The zero-order valence-corrected chi connectivity index (χ0v) is 20.9. The largest absolute Gasteiger partial charge is 0.477 e. The third kappa shape index (κ3) is 13.1. The minimum atomic E-state index is -0.943. The fraction of sp³-hybridized carbons (Fsp3) is 0.778. The van der Waals surface area contributed by atoms with Gasteiger partial charge in [-0.2, -0.15) is 0 Å². The summed E-state index contributed by atoms with van der Waals surface area (Å²) >= 11 is 1.12. The lowest BCUT2D eigenvalue weighted by molar-refractivity contribution is 0.0702. The first kappa shape index (κ1) is 27.9. The van der Waals surface area contributed by atoms with Gasteiger partial charge in [-0.3, -0.25) is 4.79 Å². The van der Waals surface area contributed by atoms with Crippen LogP contribution in [0, 0.1) is 5.92 Å². The van der Waals surface area contributed by atoms with E-state index in [0.717, 1.165) is 43.4 Å². The summed E-state index contributed by atoms with van der Waals surface area (Å²) in [5.74, 6) is -0.737. The summed E-state index contributed by atoms with van der Waals surface area (Å²) in [5, 5.41) is 9.10. The monoisotopic (exact) mass is 450 g/mol. The molecule has 1 aromatic heterocycles. The molecule has 0 aliphatic heterocycles. The third-order valence-electron chi connectivity index (χ3n) is 6.24. The van der Waals surface area contributed by atoms with E-state index in [4.69, 9.17) is 5.11 Å². The number of unbranched alkanes of at least 4 members (excludes halogenated alkanes) is 14. The molecule has 0 aromatic carbocycles. The molecule has 0 aliphatic carbocycles. The first-order valence-electron chi connectivity index (χ1n) is 13.0. The van der Waals surface area contributed by atoms with Crippen LogP contribution in [0.2, 0.25) is 0 Å². The second kappa shape index (κ2) is 18.4. The van der Waals surface area contributed by atoms with E-state index in [1.54, 1.807) is 12.1 Å². The van der Waals surface area contributed by atoms with Crippen molar-refractivity contribution in [2.75, 3.05) is 0 Å². The summed E-state index contributed by atoms with van der Waals surface area (Å²) in [6.07, 6.45) is 22.8. The SMILES string of the molecule is CCCCCCCCCCCCCCCCC(CCCC)C(=O)c1ccc(C(=O)O)s1. The molecule has 0 spiro atoms. The molecule has 0 bridgehead atoms. The van der Waals surface area contributed by atoms with Crippen molar-refractivity contribution in [3.8, 4) is 0 Å². The minimum Gasteiger partial charge on any atom is -0.477 e. The maximum Gasteiger partial charge on any atom is 0.345 e. The molecule has 3 nitrogen and oxygen atoms in total. The fourth-order valence-electron chi connectivity index (χ4n) is 4.23. The van der Waals surface area contributed by atoms with Gasteiger partial charge in [0.15, 0.2) is 5.78 Å². The van der Waals surface area contributed by atoms with Crippen molar-refractivity contribution in [2.24, 2.45) is 5.92 Å². The van der Waals surface area contributed by atoms with E-state index in [1.165, 1.54) is 83.5 Å². The van der Waals surface area contributed by atoms with Gasteiger partial charge in [0.05, 0.1) is 4.88 Å². The fourth-order valence-corrected chi connectivity index (χ4v) is 5.09. The van der Waals surface area contributed by atoms with Gasteiger partial charge in [-0.15, -0.1) is 11.3 Å². The number of rotatable bonds is 21. The smallest absolute Gasteiger partial charge is 0.345 e. The number of ketones is 1. The topological polar surface area (TPSA) is 54.4 Å². The molecule has 1 N–H and O–H groups in total. The van der Waals surface area contributed by atoms with Crippen LogP contribution in [-0.2, 0) is 0 Å². The van der Waals surface area contributed by atoms with Gasteiger partial charge in [-0.1, -0.05) is 117 Å². The summed E-state index contributed by atoms with van der Waals surface area (Å²) in [7, 11) is 0. The van der Waals surface area contributed by atoms with Crippen molar-refractivity contribution >= 4 is 23.1 Å². The highest BCUT2D eigenvalue weighted by molar-refractivity contribution is 7.15. The lowest BCUT2D eigenvalue weighted by Gasteiger charge is -2.14. The third-order valence-corrected chi connectivity index (χ3v) is 7.33. The van der Waals surface area contributed by atoms with Crippen molar-refractivity contribution in [3.05, 3.63) is 21.9 Å². The van der Waals surface area contributed by atoms with Crippen molar-refractivity contribution in [2.45, 2.75) is 129 Å². The minimum absolute atomic E-state index is 0.0533. The molecule has 0 aliphatic rings. The first-order chi connectivity index (χ1) is 15.1. The highest BCUT2D eigenvalue weighted by Gasteiger charge is 2.22. The Morgan fingerprint density at radius 3 is 1.55 bits per heavy atom. The summed E-state index contributed by atoms with van der Waals surface area (Å²) < 4.78 is 0. The van der Waals surface area contributed by atoms with E-state index in [2.05, 4.69) is 13.8 Å². The van der Waals surface area contributed by atoms with Gasteiger partial charge in [0.25, 0.3) is 0 Å². The maximum atomic E-state index is 12.9.